The van der Waals surface area contributed by atoms with Crippen LogP contribution in [0.25, 0.3) is 5.69 Å². The minimum absolute atomic E-state index is 0.0459. The van der Waals surface area contributed by atoms with Crippen molar-refractivity contribution in [2.24, 2.45) is 0 Å². The Morgan fingerprint density at radius 2 is 2.06 bits per heavy atom. The molecule has 6 nitrogen and oxygen atoms in total. The number of rotatable bonds is 3. The van der Waals surface area contributed by atoms with Crippen molar-refractivity contribution >= 4 is 23.3 Å². The number of benzene rings is 1. The molecule has 0 fully saturated rings. The summed E-state index contributed by atoms with van der Waals surface area (Å²) in [6.45, 7) is 0. The van der Waals surface area contributed by atoms with Crippen LogP contribution in [0.4, 0.5) is 11.5 Å². The highest BCUT2D eigenvalue weighted by Gasteiger charge is 2.10. The number of hydrogen-bond acceptors (Lipinski definition) is 5. The van der Waals surface area contributed by atoms with Crippen LogP contribution in [0, 0.1) is 10.1 Å². The predicted molar refractivity (Wildman–Crippen MR) is 66.4 cm³/mol. The van der Waals surface area contributed by atoms with Crippen molar-refractivity contribution in [1.82, 2.24) is 9.78 Å². The summed E-state index contributed by atoms with van der Waals surface area (Å²) in [6, 6.07) is 6.08. The molecule has 0 bridgehead atoms. The lowest BCUT2D eigenvalue weighted by Crippen LogP contribution is -2.02. The molecule has 17 heavy (non-hydrogen) atoms. The minimum atomic E-state index is -0.441. The lowest BCUT2D eigenvalue weighted by molar-refractivity contribution is -0.384. The van der Waals surface area contributed by atoms with Crippen molar-refractivity contribution < 1.29 is 4.92 Å². The Balaban J connectivity index is 2.39. The number of thioether (sulfide) groups is 1. The molecule has 0 unspecified atom stereocenters. The van der Waals surface area contributed by atoms with Crippen molar-refractivity contribution in [2.45, 2.75) is 4.90 Å². The number of nitrogen functional groups attached to an aromatic ring is 1. The van der Waals surface area contributed by atoms with Gasteiger partial charge < -0.3 is 5.73 Å². The molecule has 0 atom stereocenters. The van der Waals surface area contributed by atoms with Crippen molar-refractivity contribution in [3.63, 3.8) is 0 Å². The molecule has 2 aromatic rings. The Kier molecular flexibility index (Phi) is 3.01. The average Bonchev–Trinajstić information content (AvgIpc) is 2.70. The van der Waals surface area contributed by atoms with E-state index in [4.69, 9.17) is 5.73 Å². The normalized spacial score (nSPS) is 10.4. The van der Waals surface area contributed by atoms with Gasteiger partial charge in [0.1, 0.15) is 5.82 Å². The van der Waals surface area contributed by atoms with Gasteiger partial charge in [-0.25, -0.2) is 4.68 Å². The van der Waals surface area contributed by atoms with Gasteiger partial charge in [0.15, 0.2) is 0 Å². The quantitative estimate of drug-likeness (QED) is 0.512. The van der Waals surface area contributed by atoms with Gasteiger partial charge in [0.05, 0.1) is 21.7 Å². The second kappa shape index (κ2) is 4.46. The van der Waals surface area contributed by atoms with Gasteiger partial charge in [-0.05, 0) is 18.4 Å². The summed E-state index contributed by atoms with van der Waals surface area (Å²) >= 11 is 1.50. The Morgan fingerprint density at radius 3 is 2.53 bits per heavy atom. The molecule has 0 saturated heterocycles. The number of anilines is 1. The summed E-state index contributed by atoms with van der Waals surface area (Å²) in [4.78, 5) is 11.0. The summed E-state index contributed by atoms with van der Waals surface area (Å²) < 4.78 is 1.55. The molecule has 2 rings (SSSR count). The lowest BCUT2D eigenvalue weighted by atomic mass is 10.3. The second-order valence-corrected chi connectivity index (χ2v) is 4.13. The van der Waals surface area contributed by atoms with E-state index in [1.54, 1.807) is 23.0 Å². The predicted octanol–water partition coefficient (Wildman–Crippen LogP) is 2.08. The van der Waals surface area contributed by atoms with Gasteiger partial charge in [0.2, 0.25) is 0 Å². The van der Waals surface area contributed by atoms with Crippen molar-refractivity contribution in [3.8, 4) is 5.69 Å². The van der Waals surface area contributed by atoms with E-state index in [0.29, 0.717) is 11.5 Å². The highest BCUT2D eigenvalue weighted by atomic mass is 32.2. The summed E-state index contributed by atoms with van der Waals surface area (Å²) in [7, 11) is 0. The van der Waals surface area contributed by atoms with Crippen LogP contribution >= 0.6 is 11.8 Å². The fraction of sp³-hybridized carbons (Fsp3) is 0.100. The maximum absolute atomic E-state index is 10.5. The fourth-order valence-electron chi connectivity index (χ4n) is 1.42. The van der Waals surface area contributed by atoms with Crippen LogP contribution in [-0.2, 0) is 0 Å². The molecule has 0 amide bonds. The monoisotopic (exact) mass is 250 g/mol. The first kappa shape index (κ1) is 11.5. The van der Waals surface area contributed by atoms with Gasteiger partial charge >= 0.3 is 0 Å². The van der Waals surface area contributed by atoms with Crippen LogP contribution in [-0.4, -0.2) is 21.0 Å². The summed E-state index contributed by atoms with van der Waals surface area (Å²) in [6.07, 6.45) is 3.58. The van der Waals surface area contributed by atoms with Gasteiger partial charge in [0.25, 0.3) is 5.69 Å². The highest BCUT2D eigenvalue weighted by molar-refractivity contribution is 7.98. The van der Waals surface area contributed by atoms with Crippen LogP contribution in [0.3, 0.4) is 0 Å². The molecule has 1 aromatic heterocycles. The number of non-ortho nitro benzene ring substituents is 1. The van der Waals surface area contributed by atoms with Gasteiger partial charge in [-0.1, -0.05) is 0 Å². The van der Waals surface area contributed by atoms with E-state index in [0.717, 1.165) is 4.90 Å². The van der Waals surface area contributed by atoms with E-state index < -0.39 is 4.92 Å². The molecular formula is C10H10N4O2S. The molecule has 2 N–H and O–H groups in total. The zero-order chi connectivity index (χ0) is 12.4. The van der Waals surface area contributed by atoms with Crippen molar-refractivity contribution in [2.75, 3.05) is 12.0 Å². The van der Waals surface area contributed by atoms with E-state index in [-0.39, 0.29) is 5.69 Å². The van der Waals surface area contributed by atoms with Crippen molar-refractivity contribution in [3.05, 3.63) is 40.6 Å². The third kappa shape index (κ3) is 2.09. The van der Waals surface area contributed by atoms with Crippen LogP contribution in [0.2, 0.25) is 0 Å². The Labute approximate surface area is 102 Å². The minimum Gasteiger partial charge on any atom is -0.383 e. The Bertz CT molecular complexity index is 550. The molecule has 0 radical (unpaired) electrons. The third-order valence-electron chi connectivity index (χ3n) is 2.30. The first-order chi connectivity index (χ1) is 8.13. The van der Waals surface area contributed by atoms with Crippen LogP contribution in [0.5, 0.6) is 0 Å². The largest absolute Gasteiger partial charge is 0.383 e. The zero-order valence-electron chi connectivity index (χ0n) is 9.03. The number of nitro benzene ring substituents is 1. The first-order valence-corrected chi connectivity index (χ1v) is 5.98. The average molecular weight is 250 g/mol. The maximum atomic E-state index is 10.5. The number of nitrogens with zero attached hydrogens (tertiary/aromatic N) is 3. The summed E-state index contributed by atoms with van der Waals surface area (Å²) in [5.74, 6) is 0.534. The fourth-order valence-corrected chi connectivity index (χ4v) is 1.87. The van der Waals surface area contributed by atoms with E-state index >= 15 is 0 Å². The molecule has 0 aliphatic heterocycles. The van der Waals surface area contributed by atoms with E-state index in [1.807, 2.05) is 6.26 Å². The third-order valence-corrected chi connectivity index (χ3v) is 3.05. The zero-order valence-corrected chi connectivity index (χ0v) is 9.85. The van der Waals surface area contributed by atoms with Gasteiger partial charge in [-0.15, -0.1) is 11.8 Å². The summed E-state index contributed by atoms with van der Waals surface area (Å²) in [5, 5.41) is 14.7. The lowest BCUT2D eigenvalue weighted by Gasteiger charge is -2.03. The van der Waals surface area contributed by atoms with Crippen molar-refractivity contribution in [1.29, 1.82) is 0 Å². The molecule has 1 heterocycles. The van der Waals surface area contributed by atoms with E-state index in [9.17, 15) is 10.1 Å². The van der Waals surface area contributed by atoms with E-state index in [1.165, 1.54) is 23.9 Å². The number of nitro groups is 1. The standard InChI is InChI=1S/C10H10N4O2S/c1-17-9-6-12-13(10(9)11)7-2-4-8(5-3-7)14(15)16/h2-6H,11H2,1H3. The molecule has 88 valence electrons. The van der Waals surface area contributed by atoms with E-state index in [2.05, 4.69) is 5.10 Å². The smallest absolute Gasteiger partial charge is 0.269 e. The Hall–Kier alpha value is -2.02. The molecule has 0 aliphatic carbocycles. The molecule has 0 spiro atoms. The molecular weight excluding hydrogens is 240 g/mol. The summed E-state index contributed by atoms with van der Waals surface area (Å²) in [5.41, 5.74) is 6.64. The molecule has 7 heteroatoms. The van der Waals surface area contributed by atoms with Gasteiger partial charge in [-0.2, -0.15) is 5.10 Å². The molecule has 1 aromatic carbocycles. The first-order valence-electron chi connectivity index (χ1n) is 4.76. The van der Waals surface area contributed by atoms with Crippen LogP contribution in [0.1, 0.15) is 0 Å². The van der Waals surface area contributed by atoms with Gasteiger partial charge in [0, 0.05) is 12.1 Å². The Morgan fingerprint density at radius 1 is 1.41 bits per heavy atom. The molecule has 0 aliphatic rings. The number of aromatic nitrogens is 2. The molecule has 0 saturated carbocycles. The SMILES string of the molecule is CSc1cnn(-c2ccc([N+](=O)[O-])cc2)c1N. The number of hydrogen-bond donors (Lipinski definition) is 1. The maximum Gasteiger partial charge on any atom is 0.269 e. The van der Waals surface area contributed by atoms with Crippen LogP contribution < -0.4 is 5.73 Å². The van der Waals surface area contributed by atoms with Gasteiger partial charge in [-0.3, -0.25) is 10.1 Å². The highest BCUT2D eigenvalue weighted by Crippen LogP contribution is 2.25. The van der Waals surface area contributed by atoms with Crippen LogP contribution in [0.15, 0.2) is 35.4 Å². The topological polar surface area (TPSA) is 87.0 Å². The number of nitrogens with two attached hydrogens (primary N) is 1. The second-order valence-electron chi connectivity index (χ2n) is 3.28.